The van der Waals surface area contributed by atoms with Crippen LogP contribution < -0.4 is 11.1 Å². The third kappa shape index (κ3) is 3.60. The van der Waals surface area contributed by atoms with E-state index in [-0.39, 0.29) is 0 Å². The minimum atomic E-state index is -4.61. The number of alkyl halides is 3. The number of hydrogen-bond acceptors (Lipinski definition) is 3. The van der Waals surface area contributed by atoms with Gasteiger partial charge in [-0.15, -0.1) is 0 Å². The average molecular weight is 214 g/mol. The lowest BCUT2D eigenvalue weighted by Crippen LogP contribution is -2.54. The molecule has 0 rings (SSSR count). The Hall–Kier alpha value is -1.31. The monoisotopic (exact) mass is 214 g/mol. The molecule has 0 heterocycles. The first-order valence-corrected chi connectivity index (χ1v) is 3.44. The molecule has 0 radical (unpaired) electrons. The van der Waals surface area contributed by atoms with Crippen LogP contribution in [0.1, 0.15) is 6.92 Å². The highest BCUT2D eigenvalue weighted by Crippen LogP contribution is 2.13. The lowest BCUT2D eigenvalue weighted by Gasteiger charge is -2.18. The van der Waals surface area contributed by atoms with Gasteiger partial charge in [-0.2, -0.15) is 13.2 Å². The van der Waals surface area contributed by atoms with Crippen molar-refractivity contribution in [3.05, 3.63) is 0 Å². The Morgan fingerprint density at radius 3 is 2.14 bits per heavy atom. The summed E-state index contributed by atoms with van der Waals surface area (Å²) in [6.45, 7) is -0.920. The van der Waals surface area contributed by atoms with E-state index in [1.165, 1.54) is 5.32 Å². The van der Waals surface area contributed by atoms with Crippen molar-refractivity contribution in [3.8, 4) is 0 Å². The number of carbonyl (C=O) groups excluding carboxylic acids is 2. The molecule has 5 nitrogen and oxygen atoms in total. The zero-order valence-electron chi connectivity index (χ0n) is 7.18. The van der Waals surface area contributed by atoms with Crippen LogP contribution in [0.2, 0.25) is 0 Å². The molecule has 0 fully saturated rings. The number of rotatable bonds is 3. The third-order valence-electron chi connectivity index (χ3n) is 1.37. The molecule has 0 aromatic heterocycles. The summed E-state index contributed by atoms with van der Waals surface area (Å²) in [6, 6.07) is 0. The first kappa shape index (κ1) is 12.7. The molecule has 0 aliphatic heterocycles. The predicted molar refractivity (Wildman–Crippen MR) is 38.9 cm³/mol. The van der Waals surface area contributed by atoms with E-state index in [0.29, 0.717) is 6.92 Å². The van der Waals surface area contributed by atoms with E-state index >= 15 is 0 Å². The largest absolute Gasteiger partial charge is 0.405 e. The first-order chi connectivity index (χ1) is 6.07. The van der Waals surface area contributed by atoms with Gasteiger partial charge in [-0.3, -0.25) is 9.59 Å². The number of carbonyl (C=O) groups is 2. The van der Waals surface area contributed by atoms with E-state index in [1.807, 2.05) is 0 Å². The second-order valence-corrected chi connectivity index (χ2v) is 2.73. The van der Waals surface area contributed by atoms with Crippen LogP contribution in [-0.4, -0.2) is 35.2 Å². The molecule has 0 aliphatic rings. The lowest BCUT2D eigenvalue weighted by atomic mass is 10.1. The standard InChI is InChI=1S/C6H9F3N2O3/c1-5(14,3(10)12)4(13)11-2-6(7,8)9/h14H,2H2,1H3,(H2,10,12)(H,11,13)/t5-/m0/s1. The number of nitrogens with one attached hydrogen (secondary N) is 1. The molecule has 0 aromatic carbocycles. The van der Waals surface area contributed by atoms with Gasteiger partial charge in [0, 0.05) is 0 Å². The van der Waals surface area contributed by atoms with Crippen molar-refractivity contribution in [2.45, 2.75) is 18.7 Å². The fourth-order valence-electron chi connectivity index (χ4n) is 0.465. The zero-order valence-corrected chi connectivity index (χ0v) is 7.18. The maximum atomic E-state index is 11.6. The van der Waals surface area contributed by atoms with Gasteiger partial charge in [-0.25, -0.2) is 0 Å². The van der Waals surface area contributed by atoms with Crippen LogP contribution >= 0.6 is 0 Å². The van der Waals surface area contributed by atoms with Crippen molar-refractivity contribution < 1.29 is 27.9 Å². The minimum Gasteiger partial charge on any atom is -0.372 e. The Labute approximate surface area is 77.1 Å². The number of halogens is 3. The summed E-state index contributed by atoms with van der Waals surface area (Å²) >= 11 is 0. The Kier molecular flexibility index (Phi) is 3.47. The highest BCUT2D eigenvalue weighted by atomic mass is 19.4. The topological polar surface area (TPSA) is 92.4 Å². The highest BCUT2D eigenvalue weighted by molar-refractivity contribution is 6.06. The normalized spacial score (nSPS) is 15.8. The number of hydrogen-bond donors (Lipinski definition) is 3. The Morgan fingerprint density at radius 2 is 1.86 bits per heavy atom. The van der Waals surface area contributed by atoms with Crippen molar-refractivity contribution in [1.82, 2.24) is 5.32 Å². The molecule has 0 unspecified atom stereocenters. The Bertz CT molecular complexity index is 249. The first-order valence-electron chi connectivity index (χ1n) is 3.44. The summed E-state index contributed by atoms with van der Waals surface area (Å²) in [5.41, 5.74) is 1.95. The molecule has 0 spiro atoms. The molecule has 8 heteroatoms. The molecule has 4 N–H and O–H groups in total. The van der Waals surface area contributed by atoms with Gasteiger partial charge in [0.2, 0.25) is 5.60 Å². The van der Waals surface area contributed by atoms with Gasteiger partial charge in [0.25, 0.3) is 11.8 Å². The molecule has 0 aliphatic carbocycles. The minimum absolute atomic E-state index is 0.709. The van der Waals surface area contributed by atoms with E-state index < -0.39 is 30.1 Å². The van der Waals surface area contributed by atoms with Crippen LogP contribution in [0.5, 0.6) is 0 Å². The van der Waals surface area contributed by atoms with Crippen LogP contribution in [0.3, 0.4) is 0 Å². The molecular formula is C6H9F3N2O3. The molecule has 0 bridgehead atoms. The average Bonchev–Trinajstić information content (AvgIpc) is 1.98. The lowest BCUT2D eigenvalue weighted by molar-refractivity contribution is -0.156. The van der Waals surface area contributed by atoms with Crippen LogP contribution in [0.15, 0.2) is 0 Å². The van der Waals surface area contributed by atoms with Crippen LogP contribution in [0, 0.1) is 0 Å². The van der Waals surface area contributed by atoms with E-state index in [4.69, 9.17) is 5.11 Å². The van der Waals surface area contributed by atoms with Gasteiger partial charge < -0.3 is 16.2 Å². The molecule has 0 aromatic rings. The fraction of sp³-hybridized carbons (Fsp3) is 0.667. The summed E-state index contributed by atoms with van der Waals surface area (Å²) in [4.78, 5) is 21.2. The fourth-order valence-corrected chi connectivity index (χ4v) is 0.465. The molecule has 1 atom stereocenters. The molecule has 0 saturated carbocycles. The summed E-state index contributed by atoms with van der Waals surface area (Å²) in [5, 5.41) is 10.3. The van der Waals surface area contributed by atoms with Gasteiger partial charge >= 0.3 is 6.18 Å². The smallest absolute Gasteiger partial charge is 0.372 e. The second kappa shape index (κ2) is 3.82. The summed E-state index contributed by atoms with van der Waals surface area (Å²) in [7, 11) is 0. The maximum Gasteiger partial charge on any atom is 0.405 e. The molecule has 14 heavy (non-hydrogen) atoms. The van der Waals surface area contributed by atoms with Gasteiger partial charge in [-0.05, 0) is 6.92 Å². The molecule has 82 valence electrons. The van der Waals surface area contributed by atoms with Gasteiger partial charge in [0.15, 0.2) is 0 Å². The van der Waals surface area contributed by atoms with Crippen molar-refractivity contribution in [1.29, 1.82) is 0 Å². The quantitative estimate of drug-likeness (QED) is 0.521. The summed E-state index contributed by atoms with van der Waals surface area (Å²) in [6.07, 6.45) is -4.61. The maximum absolute atomic E-state index is 11.6. The Balaban J connectivity index is 4.30. The van der Waals surface area contributed by atoms with Crippen LogP contribution in [0.25, 0.3) is 0 Å². The van der Waals surface area contributed by atoms with Gasteiger partial charge in [-0.1, -0.05) is 0 Å². The number of nitrogens with two attached hydrogens (primary N) is 1. The van der Waals surface area contributed by atoms with E-state index in [2.05, 4.69) is 5.73 Å². The van der Waals surface area contributed by atoms with Crippen molar-refractivity contribution in [2.24, 2.45) is 5.73 Å². The molecular weight excluding hydrogens is 205 g/mol. The predicted octanol–water partition coefficient (Wildman–Crippen LogP) is -1.10. The van der Waals surface area contributed by atoms with Crippen molar-refractivity contribution >= 4 is 11.8 Å². The van der Waals surface area contributed by atoms with E-state index in [9.17, 15) is 22.8 Å². The highest BCUT2D eigenvalue weighted by Gasteiger charge is 2.39. The Morgan fingerprint density at radius 1 is 1.43 bits per heavy atom. The number of amides is 2. The van der Waals surface area contributed by atoms with E-state index in [1.54, 1.807) is 0 Å². The van der Waals surface area contributed by atoms with Gasteiger partial charge in [0.1, 0.15) is 6.54 Å². The third-order valence-corrected chi connectivity index (χ3v) is 1.37. The molecule has 0 saturated heterocycles. The number of primary amides is 1. The van der Waals surface area contributed by atoms with E-state index in [0.717, 1.165) is 0 Å². The van der Waals surface area contributed by atoms with Crippen LogP contribution in [-0.2, 0) is 9.59 Å². The number of aliphatic hydroxyl groups is 1. The zero-order chi connectivity index (χ0) is 11.6. The second-order valence-electron chi connectivity index (χ2n) is 2.73. The van der Waals surface area contributed by atoms with Crippen molar-refractivity contribution in [2.75, 3.05) is 6.54 Å². The van der Waals surface area contributed by atoms with Crippen LogP contribution in [0.4, 0.5) is 13.2 Å². The summed E-state index contributed by atoms with van der Waals surface area (Å²) < 4.78 is 34.8. The molecule has 2 amide bonds. The summed E-state index contributed by atoms with van der Waals surface area (Å²) in [5.74, 6) is -2.90. The van der Waals surface area contributed by atoms with Gasteiger partial charge in [0.05, 0.1) is 0 Å². The van der Waals surface area contributed by atoms with Crippen molar-refractivity contribution in [3.63, 3.8) is 0 Å². The SMILES string of the molecule is C[C@](O)(C(N)=O)C(=O)NCC(F)(F)F.